The van der Waals surface area contributed by atoms with Gasteiger partial charge in [-0.2, -0.15) is 0 Å². The van der Waals surface area contributed by atoms with E-state index in [2.05, 4.69) is 6.58 Å². The number of carboxylic acid groups (broad SMARTS) is 1. The zero-order chi connectivity index (χ0) is 13.2. The topological polar surface area (TPSA) is 55.8 Å². The van der Waals surface area contributed by atoms with Gasteiger partial charge in [-0.3, -0.25) is 0 Å². The van der Waals surface area contributed by atoms with Gasteiger partial charge >= 0.3 is 5.97 Å². The molecule has 4 heteroatoms. The van der Waals surface area contributed by atoms with Crippen LogP contribution in [0.1, 0.15) is 23.2 Å². The summed E-state index contributed by atoms with van der Waals surface area (Å²) in [5.41, 5.74) is 0.264. The van der Waals surface area contributed by atoms with E-state index < -0.39 is 5.97 Å². The molecule has 0 unspecified atom stereocenters. The molecule has 1 N–H and O–H groups in total. The second-order valence-electron chi connectivity index (χ2n) is 3.75. The maximum atomic E-state index is 10.6. The fourth-order valence-electron chi connectivity index (χ4n) is 1.36. The van der Waals surface area contributed by atoms with E-state index in [0.717, 1.165) is 12.8 Å². The first-order valence-corrected chi connectivity index (χ1v) is 5.89. The maximum absolute atomic E-state index is 10.6. The summed E-state index contributed by atoms with van der Waals surface area (Å²) in [6, 6.07) is 6.39. The van der Waals surface area contributed by atoms with Gasteiger partial charge in [0.1, 0.15) is 5.75 Å². The number of rotatable bonds is 9. The molecule has 1 rings (SSSR count). The molecule has 98 valence electrons. The first-order valence-electron chi connectivity index (χ1n) is 5.89. The number of hydrogen-bond donors (Lipinski definition) is 1. The van der Waals surface area contributed by atoms with E-state index >= 15 is 0 Å². The van der Waals surface area contributed by atoms with Crippen molar-refractivity contribution in [3.8, 4) is 5.75 Å². The highest BCUT2D eigenvalue weighted by Gasteiger charge is 2.01. The molecular formula is C14H18O4. The molecule has 0 amide bonds. The molecule has 0 atom stereocenters. The van der Waals surface area contributed by atoms with Crippen LogP contribution in [-0.2, 0) is 4.74 Å². The van der Waals surface area contributed by atoms with Crippen molar-refractivity contribution >= 4 is 5.97 Å². The summed E-state index contributed by atoms with van der Waals surface area (Å²) in [5.74, 6) is -0.243. The quantitative estimate of drug-likeness (QED) is 0.541. The molecular weight excluding hydrogens is 232 g/mol. The van der Waals surface area contributed by atoms with Crippen LogP contribution in [0.2, 0.25) is 0 Å². The summed E-state index contributed by atoms with van der Waals surface area (Å²) in [6.45, 7) is 5.45. The zero-order valence-electron chi connectivity index (χ0n) is 10.3. The van der Waals surface area contributed by atoms with Gasteiger partial charge in [-0.05, 0) is 37.1 Å². The molecule has 1 aromatic rings. The SMILES string of the molecule is C=CCOCCCCOc1ccc(C(=O)O)cc1. The molecule has 0 fully saturated rings. The minimum absolute atomic E-state index is 0.264. The van der Waals surface area contributed by atoms with Gasteiger partial charge in [-0.25, -0.2) is 4.79 Å². The molecule has 0 aromatic heterocycles. The Hall–Kier alpha value is -1.81. The standard InChI is InChI=1S/C14H18O4/c1-2-9-17-10-3-4-11-18-13-7-5-12(6-8-13)14(15)16/h2,5-8H,1,3-4,9-11H2,(H,15,16). The van der Waals surface area contributed by atoms with Crippen molar-refractivity contribution in [1.82, 2.24) is 0 Å². The fourth-order valence-corrected chi connectivity index (χ4v) is 1.36. The molecule has 0 heterocycles. The summed E-state index contributed by atoms with van der Waals surface area (Å²) in [7, 11) is 0. The van der Waals surface area contributed by atoms with Gasteiger partial charge in [0.15, 0.2) is 0 Å². The molecule has 0 radical (unpaired) electrons. The molecule has 1 aromatic carbocycles. The third kappa shape index (κ3) is 5.50. The van der Waals surface area contributed by atoms with E-state index in [0.29, 0.717) is 25.6 Å². The Labute approximate surface area is 107 Å². The lowest BCUT2D eigenvalue weighted by Gasteiger charge is -2.06. The van der Waals surface area contributed by atoms with Crippen LogP contribution in [0.4, 0.5) is 0 Å². The minimum Gasteiger partial charge on any atom is -0.494 e. The Kier molecular flexibility index (Phi) is 6.58. The first kappa shape index (κ1) is 14.3. The van der Waals surface area contributed by atoms with Crippen LogP contribution < -0.4 is 4.74 Å². The van der Waals surface area contributed by atoms with Crippen molar-refractivity contribution in [1.29, 1.82) is 0 Å². The van der Waals surface area contributed by atoms with Crippen LogP contribution in [0, 0.1) is 0 Å². The third-order valence-corrected chi connectivity index (χ3v) is 2.29. The lowest BCUT2D eigenvalue weighted by molar-refractivity contribution is 0.0697. The number of hydrogen-bond acceptors (Lipinski definition) is 3. The summed E-state index contributed by atoms with van der Waals surface area (Å²) < 4.78 is 10.7. The van der Waals surface area contributed by atoms with Gasteiger partial charge in [0.2, 0.25) is 0 Å². The fraction of sp³-hybridized carbons (Fsp3) is 0.357. The number of ether oxygens (including phenoxy) is 2. The van der Waals surface area contributed by atoms with E-state index in [9.17, 15) is 4.79 Å². The van der Waals surface area contributed by atoms with Gasteiger partial charge in [0, 0.05) is 6.61 Å². The summed E-state index contributed by atoms with van der Waals surface area (Å²) in [5, 5.41) is 8.73. The van der Waals surface area contributed by atoms with Gasteiger partial charge in [0.25, 0.3) is 0 Å². The van der Waals surface area contributed by atoms with Crippen molar-refractivity contribution in [2.24, 2.45) is 0 Å². The van der Waals surface area contributed by atoms with Gasteiger partial charge in [-0.1, -0.05) is 6.08 Å². The normalized spacial score (nSPS) is 10.0. The van der Waals surface area contributed by atoms with Crippen molar-refractivity contribution in [3.05, 3.63) is 42.5 Å². The number of unbranched alkanes of at least 4 members (excludes halogenated alkanes) is 1. The molecule has 0 aliphatic rings. The number of carboxylic acids is 1. The predicted octanol–water partition coefficient (Wildman–Crippen LogP) is 2.75. The van der Waals surface area contributed by atoms with Crippen LogP contribution in [0.15, 0.2) is 36.9 Å². The second kappa shape index (κ2) is 8.31. The van der Waals surface area contributed by atoms with E-state index in [1.54, 1.807) is 18.2 Å². The molecule has 0 aliphatic heterocycles. The highest BCUT2D eigenvalue weighted by Crippen LogP contribution is 2.12. The predicted molar refractivity (Wildman–Crippen MR) is 69.1 cm³/mol. The smallest absolute Gasteiger partial charge is 0.335 e. The zero-order valence-corrected chi connectivity index (χ0v) is 10.3. The Balaban J connectivity index is 2.15. The van der Waals surface area contributed by atoms with Crippen LogP contribution in [-0.4, -0.2) is 30.9 Å². The Bertz CT molecular complexity index is 370. The van der Waals surface area contributed by atoms with Crippen LogP contribution in [0.3, 0.4) is 0 Å². The van der Waals surface area contributed by atoms with Crippen LogP contribution in [0.5, 0.6) is 5.75 Å². The highest BCUT2D eigenvalue weighted by atomic mass is 16.5. The summed E-state index contributed by atoms with van der Waals surface area (Å²) in [4.78, 5) is 10.6. The molecule has 0 saturated heterocycles. The number of aromatic carboxylic acids is 1. The van der Waals surface area contributed by atoms with E-state index in [1.807, 2.05) is 0 Å². The van der Waals surface area contributed by atoms with E-state index in [4.69, 9.17) is 14.6 Å². The van der Waals surface area contributed by atoms with Crippen molar-refractivity contribution in [2.45, 2.75) is 12.8 Å². The van der Waals surface area contributed by atoms with Crippen LogP contribution in [0.25, 0.3) is 0 Å². The number of carbonyl (C=O) groups is 1. The van der Waals surface area contributed by atoms with Crippen molar-refractivity contribution in [3.63, 3.8) is 0 Å². The molecule has 0 spiro atoms. The third-order valence-electron chi connectivity index (χ3n) is 2.29. The molecule has 4 nitrogen and oxygen atoms in total. The van der Waals surface area contributed by atoms with Gasteiger partial charge < -0.3 is 14.6 Å². The lowest BCUT2D eigenvalue weighted by atomic mass is 10.2. The van der Waals surface area contributed by atoms with Gasteiger partial charge in [0.05, 0.1) is 18.8 Å². The summed E-state index contributed by atoms with van der Waals surface area (Å²) in [6.07, 6.45) is 3.55. The maximum Gasteiger partial charge on any atom is 0.335 e. The van der Waals surface area contributed by atoms with Crippen molar-refractivity contribution < 1.29 is 19.4 Å². The monoisotopic (exact) mass is 250 g/mol. The average molecular weight is 250 g/mol. The minimum atomic E-state index is -0.930. The summed E-state index contributed by atoms with van der Waals surface area (Å²) >= 11 is 0. The largest absolute Gasteiger partial charge is 0.494 e. The van der Waals surface area contributed by atoms with Crippen molar-refractivity contribution in [2.75, 3.05) is 19.8 Å². The molecule has 0 bridgehead atoms. The highest BCUT2D eigenvalue weighted by molar-refractivity contribution is 5.87. The van der Waals surface area contributed by atoms with Gasteiger partial charge in [-0.15, -0.1) is 6.58 Å². The van der Waals surface area contributed by atoms with E-state index in [-0.39, 0.29) is 5.56 Å². The Morgan fingerprint density at radius 3 is 2.50 bits per heavy atom. The first-order chi connectivity index (χ1) is 8.74. The molecule has 0 aliphatic carbocycles. The van der Waals surface area contributed by atoms with E-state index in [1.165, 1.54) is 12.1 Å². The molecule has 0 saturated carbocycles. The number of benzene rings is 1. The lowest BCUT2D eigenvalue weighted by Crippen LogP contribution is -2.01. The Morgan fingerprint density at radius 1 is 1.22 bits per heavy atom. The van der Waals surface area contributed by atoms with Crippen LogP contribution >= 0.6 is 0 Å². The second-order valence-corrected chi connectivity index (χ2v) is 3.75. The molecule has 18 heavy (non-hydrogen) atoms. The average Bonchev–Trinajstić information content (AvgIpc) is 2.38. The Morgan fingerprint density at radius 2 is 1.89 bits per heavy atom.